The minimum Gasteiger partial charge on any atom is -0.309 e. The Morgan fingerprint density at radius 2 is 0.729 bits per heavy atom. The number of rotatable bonds is 4. The second-order valence-corrected chi connectivity index (χ2v) is 12.1. The van der Waals surface area contributed by atoms with Gasteiger partial charge in [-0.05, 0) is 47.2 Å². The van der Waals surface area contributed by atoms with Crippen LogP contribution in [0.4, 0.5) is 0 Å². The van der Waals surface area contributed by atoms with E-state index in [1.54, 1.807) is 0 Å². The van der Waals surface area contributed by atoms with Crippen molar-refractivity contribution in [3.8, 4) is 34.4 Å². The van der Waals surface area contributed by atoms with Crippen LogP contribution in [0.15, 0.2) is 164 Å². The topological polar surface area (TPSA) is 48.5 Å². The first-order valence-electron chi connectivity index (χ1n) is 16.1. The lowest BCUT2D eigenvalue weighted by Crippen LogP contribution is -2.08. The van der Waals surface area contributed by atoms with Gasteiger partial charge >= 0.3 is 0 Å². The average Bonchev–Trinajstić information content (AvgIpc) is 3.67. The highest BCUT2D eigenvalue weighted by molar-refractivity contribution is 6.10. The molecule has 224 valence electrons. The van der Waals surface area contributed by atoms with Crippen molar-refractivity contribution in [1.29, 1.82) is 0 Å². The molecule has 0 radical (unpaired) electrons. The molecule has 0 saturated heterocycles. The van der Waals surface area contributed by atoms with E-state index in [9.17, 15) is 0 Å². The molecule has 10 aromatic rings. The van der Waals surface area contributed by atoms with Gasteiger partial charge in [-0.15, -0.1) is 0 Å². The second kappa shape index (κ2) is 10.5. The number of fused-ring (bicyclic) bond motifs is 7. The number of aromatic nitrogens is 5. The molecule has 0 fully saturated rings. The predicted molar refractivity (Wildman–Crippen MR) is 197 cm³/mol. The number of nitrogens with zero attached hydrogens (tertiary/aromatic N) is 5. The van der Waals surface area contributed by atoms with Gasteiger partial charge in [-0.1, -0.05) is 127 Å². The van der Waals surface area contributed by atoms with Crippen molar-refractivity contribution in [2.45, 2.75) is 0 Å². The highest BCUT2D eigenvalue weighted by Gasteiger charge is 2.21. The molecule has 0 amide bonds. The van der Waals surface area contributed by atoms with Crippen molar-refractivity contribution in [1.82, 2.24) is 24.1 Å². The van der Waals surface area contributed by atoms with Gasteiger partial charge in [0.1, 0.15) is 0 Å². The molecule has 0 aliphatic carbocycles. The Labute approximate surface area is 276 Å². The van der Waals surface area contributed by atoms with Crippen molar-refractivity contribution in [2.75, 3.05) is 0 Å². The van der Waals surface area contributed by atoms with Crippen molar-refractivity contribution in [3.63, 3.8) is 0 Å². The zero-order chi connectivity index (χ0) is 31.6. The van der Waals surface area contributed by atoms with E-state index in [0.29, 0.717) is 17.6 Å². The van der Waals surface area contributed by atoms with Gasteiger partial charge in [-0.25, -0.2) is 4.98 Å². The summed E-state index contributed by atoms with van der Waals surface area (Å²) in [6, 6.07) is 57.2. The lowest BCUT2D eigenvalue weighted by molar-refractivity contribution is 0.952. The predicted octanol–water partition coefficient (Wildman–Crippen LogP) is 10.6. The van der Waals surface area contributed by atoms with Crippen LogP contribution in [0, 0.1) is 0 Å². The molecule has 3 aromatic heterocycles. The van der Waals surface area contributed by atoms with Gasteiger partial charge in [0.05, 0.1) is 27.8 Å². The van der Waals surface area contributed by atoms with E-state index in [2.05, 4.69) is 173 Å². The summed E-state index contributed by atoms with van der Waals surface area (Å²) < 4.78 is 4.51. The highest BCUT2D eigenvalue weighted by Crippen LogP contribution is 2.37. The van der Waals surface area contributed by atoms with E-state index in [1.807, 2.05) is 0 Å². The smallest absolute Gasteiger partial charge is 0.238 e. The second-order valence-electron chi connectivity index (χ2n) is 12.1. The third-order valence-electron chi connectivity index (χ3n) is 9.40. The summed E-state index contributed by atoms with van der Waals surface area (Å²) in [7, 11) is 0. The van der Waals surface area contributed by atoms with Crippen LogP contribution < -0.4 is 0 Å². The average molecular weight is 614 g/mol. The highest BCUT2D eigenvalue weighted by atomic mass is 15.2. The number of para-hydroxylation sites is 5. The molecule has 0 spiro atoms. The Kier molecular flexibility index (Phi) is 5.81. The summed E-state index contributed by atoms with van der Waals surface area (Å²) in [5, 5.41) is 6.98. The molecular formula is C43H27N5. The third-order valence-corrected chi connectivity index (χ3v) is 9.40. The van der Waals surface area contributed by atoms with Crippen molar-refractivity contribution in [3.05, 3.63) is 164 Å². The molecule has 0 unspecified atom stereocenters. The Morgan fingerprint density at radius 1 is 0.312 bits per heavy atom. The van der Waals surface area contributed by atoms with Crippen LogP contribution in [0.2, 0.25) is 0 Å². The van der Waals surface area contributed by atoms with Gasteiger partial charge in [0.15, 0.2) is 11.6 Å². The molecule has 5 heteroatoms. The fourth-order valence-electron chi connectivity index (χ4n) is 7.30. The zero-order valence-electron chi connectivity index (χ0n) is 25.8. The molecule has 0 bridgehead atoms. The molecule has 10 rings (SSSR count). The Bertz CT molecular complexity index is 2750. The van der Waals surface area contributed by atoms with Gasteiger partial charge in [-0.3, -0.25) is 4.57 Å². The van der Waals surface area contributed by atoms with E-state index in [4.69, 9.17) is 15.0 Å². The van der Waals surface area contributed by atoms with Gasteiger partial charge in [0.2, 0.25) is 5.95 Å². The van der Waals surface area contributed by atoms with Gasteiger partial charge in [-0.2, -0.15) is 9.97 Å². The molecule has 48 heavy (non-hydrogen) atoms. The van der Waals surface area contributed by atoms with Crippen LogP contribution in [0.25, 0.3) is 88.8 Å². The summed E-state index contributed by atoms with van der Waals surface area (Å²) in [6.45, 7) is 0. The monoisotopic (exact) mass is 613 g/mol. The van der Waals surface area contributed by atoms with Gasteiger partial charge in [0, 0.05) is 32.7 Å². The van der Waals surface area contributed by atoms with Crippen molar-refractivity contribution in [2.24, 2.45) is 0 Å². The normalized spacial score (nSPS) is 11.8. The fourth-order valence-corrected chi connectivity index (χ4v) is 7.30. The molecule has 3 heterocycles. The van der Waals surface area contributed by atoms with Crippen LogP contribution in [-0.2, 0) is 0 Å². The maximum atomic E-state index is 5.31. The standard InChI is InChI=1S/C43H27N5/c1-2-16-29-28(14-1)15-13-22-34(29)41-44-42(46-43(45-41)48-38-25-10-5-19-32(38)33-20-6-11-26-39(33)48)35-21-7-12-27-40(35)47-36-23-8-3-17-30(36)31-18-4-9-24-37(31)47/h1-27H. The largest absolute Gasteiger partial charge is 0.309 e. The van der Waals surface area contributed by atoms with Gasteiger partial charge < -0.3 is 4.57 Å². The van der Waals surface area contributed by atoms with Gasteiger partial charge in [0.25, 0.3) is 0 Å². The zero-order valence-corrected chi connectivity index (χ0v) is 25.8. The summed E-state index contributed by atoms with van der Waals surface area (Å²) in [6.07, 6.45) is 0. The van der Waals surface area contributed by atoms with E-state index < -0.39 is 0 Å². The van der Waals surface area contributed by atoms with Crippen LogP contribution in [0.5, 0.6) is 0 Å². The summed E-state index contributed by atoms with van der Waals surface area (Å²) in [5.41, 5.74) is 7.28. The van der Waals surface area contributed by atoms with Crippen molar-refractivity contribution >= 4 is 54.4 Å². The number of hydrogen-bond acceptors (Lipinski definition) is 3. The third kappa shape index (κ3) is 3.94. The first-order valence-corrected chi connectivity index (χ1v) is 16.1. The minimum atomic E-state index is 0.581. The van der Waals surface area contributed by atoms with Crippen molar-refractivity contribution < 1.29 is 0 Å². The maximum absolute atomic E-state index is 5.31. The van der Waals surface area contributed by atoms with Crippen LogP contribution >= 0.6 is 0 Å². The molecule has 0 aliphatic heterocycles. The molecule has 7 aromatic carbocycles. The fraction of sp³-hybridized carbons (Fsp3) is 0. The Balaban J connectivity index is 1.31. The Hall–Kier alpha value is -6.59. The van der Waals surface area contributed by atoms with E-state index >= 15 is 0 Å². The first kappa shape index (κ1) is 26.6. The van der Waals surface area contributed by atoms with E-state index in [0.717, 1.165) is 60.4 Å². The van der Waals surface area contributed by atoms with Crippen LogP contribution in [0.3, 0.4) is 0 Å². The van der Waals surface area contributed by atoms with Crippen LogP contribution in [0.1, 0.15) is 0 Å². The molecular weight excluding hydrogens is 587 g/mol. The molecule has 5 nitrogen and oxygen atoms in total. The van der Waals surface area contributed by atoms with E-state index in [1.165, 1.54) is 10.8 Å². The van der Waals surface area contributed by atoms with Crippen LogP contribution in [-0.4, -0.2) is 24.1 Å². The molecule has 0 aliphatic rings. The summed E-state index contributed by atoms with van der Waals surface area (Å²) >= 11 is 0. The molecule has 0 N–H and O–H groups in total. The lowest BCUT2D eigenvalue weighted by Gasteiger charge is -2.15. The quantitative estimate of drug-likeness (QED) is 0.198. The first-order chi connectivity index (χ1) is 23.8. The number of benzene rings is 7. The maximum Gasteiger partial charge on any atom is 0.238 e. The SMILES string of the molecule is c1ccc(-n2c3ccccc3c3ccccc32)c(-c2nc(-c3cccc4ccccc34)nc(-n3c4ccccc4c4ccccc43)n2)c1. The summed E-state index contributed by atoms with van der Waals surface area (Å²) in [5.74, 6) is 1.82. The molecule has 0 atom stereocenters. The lowest BCUT2D eigenvalue weighted by atomic mass is 10.0. The molecule has 0 saturated carbocycles. The minimum absolute atomic E-state index is 0.581. The number of hydrogen-bond donors (Lipinski definition) is 0. The summed E-state index contributed by atoms with van der Waals surface area (Å²) in [4.78, 5) is 15.8. The van der Waals surface area contributed by atoms with E-state index in [-0.39, 0.29) is 0 Å². The Morgan fingerprint density at radius 3 is 1.33 bits per heavy atom.